The lowest BCUT2D eigenvalue weighted by molar-refractivity contribution is -0.135. The van der Waals surface area contributed by atoms with E-state index in [1.807, 2.05) is 105 Å². The van der Waals surface area contributed by atoms with Crippen molar-refractivity contribution in [2.45, 2.75) is 51.2 Å². The minimum absolute atomic E-state index is 0.0309. The molecule has 2 aliphatic rings. The molecular weight excluding hydrogens is 478 g/mol. The van der Waals surface area contributed by atoms with Crippen LogP contribution < -0.4 is 9.64 Å². The van der Waals surface area contributed by atoms with Crippen LogP contribution in [0.15, 0.2) is 83.9 Å². The Morgan fingerprint density at radius 2 is 1.66 bits per heavy atom. The number of carbonyl (C=O) groups excluding carboxylic acids is 2. The number of carbonyl (C=O) groups is 2. The fourth-order valence-corrected chi connectivity index (χ4v) is 5.25. The standard InChI is InChI=1S/C31H33N3O4/c1-30(2,3)38-29(36)34-26-13-9-8-12-25(26)31(28(34)32-23-14-16-24(37-4)17-15-23)18-19-33(27(35)20-31)21-22-10-6-5-7-11-22/h5-17H,18-21H2,1-4H3. The molecule has 1 unspecified atom stereocenters. The molecule has 0 aliphatic carbocycles. The van der Waals surface area contributed by atoms with E-state index in [2.05, 4.69) is 0 Å². The van der Waals surface area contributed by atoms with Crippen LogP contribution in [-0.2, 0) is 21.5 Å². The Labute approximate surface area is 223 Å². The Bertz CT molecular complexity index is 1360. The minimum atomic E-state index is -0.752. The van der Waals surface area contributed by atoms with Gasteiger partial charge >= 0.3 is 6.09 Å². The van der Waals surface area contributed by atoms with Crippen LogP contribution in [0.1, 0.15) is 44.7 Å². The lowest BCUT2D eigenvalue weighted by Crippen LogP contribution is -2.52. The van der Waals surface area contributed by atoms with Gasteiger partial charge in [0.25, 0.3) is 0 Å². The minimum Gasteiger partial charge on any atom is -0.497 e. The highest BCUT2D eigenvalue weighted by atomic mass is 16.6. The van der Waals surface area contributed by atoms with Gasteiger partial charge < -0.3 is 14.4 Å². The average molecular weight is 512 g/mol. The van der Waals surface area contributed by atoms with E-state index < -0.39 is 17.1 Å². The Kier molecular flexibility index (Phi) is 6.69. The number of hydrogen-bond donors (Lipinski definition) is 0. The molecule has 2 amide bonds. The third-order valence-electron chi connectivity index (χ3n) is 7.01. The van der Waals surface area contributed by atoms with Crippen molar-refractivity contribution >= 4 is 29.2 Å². The van der Waals surface area contributed by atoms with Crippen molar-refractivity contribution in [2.24, 2.45) is 4.99 Å². The van der Waals surface area contributed by atoms with E-state index in [4.69, 9.17) is 14.5 Å². The number of hydrogen-bond acceptors (Lipinski definition) is 5. The van der Waals surface area contributed by atoms with Gasteiger partial charge in [0, 0.05) is 19.5 Å². The second kappa shape index (κ2) is 9.97. The quantitative estimate of drug-likeness (QED) is 0.416. The summed E-state index contributed by atoms with van der Waals surface area (Å²) >= 11 is 0. The van der Waals surface area contributed by atoms with Gasteiger partial charge in [0.2, 0.25) is 5.91 Å². The number of nitrogens with zero attached hydrogens (tertiary/aromatic N) is 3. The lowest BCUT2D eigenvalue weighted by Gasteiger charge is -2.40. The molecule has 1 fully saturated rings. The lowest BCUT2D eigenvalue weighted by atomic mass is 9.73. The molecule has 3 aromatic rings. The number of ether oxygens (including phenoxy) is 2. The summed E-state index contributed by atoms with van der Waals surface area (Å²) in [6.45, 7) is 6.63. The van der Waals surface area contributed by atoms with Crippen molar-refractivity contribution in [3.8, 4) is 5.75 Å². The second-order valence-corrected chi connectivity index (χ2v) is 10.8. The number of likely N-dealkylation sites (tertiary alicyclic amines) is 1. The first-order chi connectivity index (χ1) is 18.2. The molecule has 1 saturated heterocycles. The SMILES string of the molecule is COc1ccc(N=C2N(C(=O)OC(C)(C)C)c3ccccc3C23CCN(Cc2ccccc2)C(=O)C3)cc1. The molecule has 0 bridgehead atoms. The van der Waals surface area contributed by atoms with Crippen LogP contribution in [0.25, 0.3) is 0 Å². The van der Waals surface area contributed by atoms with Crippen molar-refractivity contribution in [1.29, 1.82) is 0 Å². The zero-order valence-electron chi connectivity index (χ0n) is 22.3. The van der Waals surface area contributed by atoms with Gasteiger partial charge in [0.1, 0.15) is 17.2 Å². The number of aliphatic imine (C=N–C) groups is 1. The largest absolute Gasteiger partial charge is 0.497 e. The van der Waals surface area contributed by atoms with E-state index in [0.29, 0.717) is 42.5 Å². The summed E-state index contributed by atoms with van der Waals surface area (Å²) in [6, 6.07) is 25.1. The molecule has 5 rings (SSSR count). The normalized spacial score (nSPS) is 20.1. The summed E-state index contributed by atoms with van der Waals surface area (Å²) in [6.07, 6.45) is 0.343. The highest BCUT2D eigenvalue weighted by Crippen LogP contribution is 2.50. The summed E-state index contributed by atoms with van der Waals surface area (Å²) < 4.78 is 11.1. The average Bonchev–Trinajstić information content (AvgIpc) is 3.15. The number of amidine groups is 1. The summed E-state index contributed by atoms with van der Waals surface area (Å²) in [5.74, 6) is 1.26. The molecule has 2 aliphatic heterocycles. The maximum absolute atomic E-state index is 13.7. The van der Waals surface area contributed by atoms with Gasteiger partial charge in [0.15, 0.2) is 0 Å². The first-order valence-electron chi connectivity index (χ1n) is 12.9. The predicted molar refractivity (Wildman–Crippen MR) is 148 cm³/mol. The van der Waals surface area contributed by atoms with E-state index in [0.717, 1.165) is 11.1 Å². The third kappa shape index (κ3) is 4.88. The Balaban J connectivity index is 1.58. The molecule has 7 heteroatoms. The van der Waals surface area contributed by atoms with Crippen LogP contribution in [0, 0.1) is 0 Å². The molecule has 1 atom stereocenters. The zero-order chi connectivity index (χ0) is 26.9. The van der Waals surface area contributed by atoms with E-state index in [1.54, 1.807) is 12.0 Å². The van der Waals surface area contributed by atoms with Gasteiger partial charge in [0.05, 0.1) is 23.9 Å². The number of amides is 2. The molecule has 0 N–H and O–H groups in total. The van der Waals surface area contributed by atoms with Gasteiger partial charge in [-0.2, -0.15) is 0 Å². The van der Waals surface area contributed by atoms with Gasteiger partial charge in [-0.15, -0.1) is 0 Å². The van der Waals surface area contributed by atoms with E-state index in [1.165, 1.54) is 0 Å². The van der Waals surface area contributed by atoms with Crippen LogP contribution >= 0.6 is 0 Å². The Morgan fingerprint density at radius 3 is 2.32 bits per heavy atom. The monoisotopic (exact) mass is 511 g/mol. The highest BCUT2D eigenvalue weighted by molar-refractivity contribution is 6.25. The number of anilines is 1. The van der Waals surface area contributed by atoms with Crippen LogP contribution in [0.5, 0.6) is 5.75 Å². The maximum atomic E-state index is 13.7. The first kappa shape index (κ1) is 25.5. The fourth-order valence-electron chi connectivity index (χ4n) is 5.25. The van der Waals surface area contributed by atoms with Crippen LogP contribution in [-0.4, -0.2) is 42.0 Å². The van der Waals surface area contributed by atoms with Crippen molar-refractivity contribution in [2.75, 3.05) is 18.6 Å². The van der Waals surface area contributed by atoms with Crippen LogP contribution in [0.3, 0.4) is 0 Å². The summed E-state index contributed by atoms with van der Waals surface area (Å²) in [5, 5.41) is 0. The molecule has 38 heavy (non-hydrogen) atoms. The van der Waals surface area contributed by atoms with E-state index in [-0.39, 0.29) is 12.3 Å². The predicted octanol–water partition coefficient (Wildman–Crippen LogP) is 6.24. The number of methoxy groups -OCH3 is 1. The number of benzene rings is 3. The van der Waals surface area contributed by atoms with Crippen LogP contribution in [0.4, 0.5) is 16.2 Å². The number of piperidine rings is 1. The Hall–Kier alpha value is -4.13. The molecule has 2 heterocycles. The number of fused-ring (bicyclic) bond motifs is 2. The maximum Gasteiger partial charge on any atom is 0.420 e. The second-order valence-electron chi connectivity index (χ2n) is 10.8. The third-order valence-corrected chi connectivity index (χ3v) is 7.01. The molecule has 0 radical (unpaired) electrons. The first-order valence-corrected chi connectivity index (χ1v) is 12.9. The number of rotatable bonds is 4. The van der Waals surface area contributed by atoms with Crippen LogP contribution in [0.2, 0.25) is 0 Å². The van der Waals surface area contributed by atoms with Crippen molar-refractivity contribution < 1.29 is 19.1 Å². The molecular formula is C31H33N3O4. The molecule has 1 spiro atoms. The molecule has 196 valence electrons. The van der Waals surface area contributed by atoms with Crippen molar-refractivity contribution in [3.63, 3.8) is 0 Å². The zero-order valence-corrected chi connectivity index (χ0v) is 22.3. The van der Waals surface area contributed by atoms with Gasteiger partial charge in [-0.1, -0.05) is 48.5 Å². The van der Waals surface area contributed by atoms with E-state index in [9.17, 15) is 9.59 Å². The van der Waals surface area contributed by atoms with Gasteiger partial charge in [-0.05, 0) is 68.7 Å². The van der Waals surface area contributed by atoms with Crippen molar-refractivity contribution in [1.82, 2.24) is 4.90 Å². The fraction of sp³-hybridized carbons (Fsp3) is 0.323. The van der Waals surface area contributed by atoms with Gasteiger partial charge in [-0.3, -0.25) is 4.79 Å². The van der Waals surface area contributed by atoms with Gasteiger partial charge in [-0.25, -0.2) is 14.7 Å². The molecule has 3 aromatic carbocycles. The van der Waals surface area contributed by atoms with Crippen molar-refractivity contribution in [3.05, 3.63) is 90.0 Å². The summed E-state index contributed by atoms with van der Waals surface area (Å²) in [7, 11) is 1.61. The smallest absolute Gasteiger partial charge is 0.420 e. The number of para-hydroxylation sites is 1. The summed E-state index contributed by atoms with van der Waals surface area (Å²) in [5.41, 5.74) is 1.94. The topological polar surface area (TPSA) is 71.4 Å². The highest BCUT2D eigenvalue weighted by Gasteiger charge is 2.54. The molecule has 0 saturated carbocycles. The Morgan fingerprint density at radius 1 is 0.974 bits per heavy atom. The summed E-state index contributed by atoms with van der Waals surface area (Å²) in [4.78, 5) is 35.8. The van der Waals surface area contributed by atoms with E-state index >= 15 is 0 Å². The molecule has 7 nitrogen and oxygen atoms in total. The molecule has 0 aromatic heterocycles.